The molecule has 0 heterocycles. The molecule has 0 fully saturated rings. The van der Waals surface area contributed by atoms with Gasteiger partial charge in [0.2, 0.25) is 0 Å². The van der Waals surface area contributed by atoms with E-state index in [1.165, 1.54) is 0 Å². The van der Waals surface area contributed by atoms with Crippen LogP contribution in [-0.4, -0.2) is 36.5 Å². The topological polar surface area (TPSA) is 40.5 Å². The molecule has 0 saturated heterocycles. The summed E-state index contributed by atoms with van der Waals surface area (Å²) in [5.74, 6) is 0. The molecule has 1 unspecified atom stereocenters. The van der Waals surface area contributed by atoms with E-state index in [1.807, 2.05) is 6.92 Å². The third kappa shape index (κ3) is 3.19. The van der Waals surface area contributed by atoms with Gasteiger partial charge in [-0.1, -0.05) is 0 Å². The molecule has 1 atom stereocenters. The molecule has 0 radical (unpaired) electrons. The van der Waals surface area contributed by atoms with Crippen LogP contribution in [0.25, 0.3) is 0 Å². The Morgan fingerprint density at radius 2 is 2.25 bits per heavy atom. The van der Waals surface area contributed by atoms with Crippen molar-refractivity contribution in [2.24, 2.45) is 0 Å². The van der Waals surface area contributed by atoms with Crippen LogP contribution in [0.15, 0.2) is 0 Å². The van der Waals surface area contributed by atoms with Gasteiger partial charge in [-0.05, 0) is 0 Å². The van der Waals surface area contributed by atoms with Crippen molar-refractivity contribution < 1.29 is 10.2 Å². The quantitative estimate of drug-likeness (QED) is 0.593. The molecule has 0 aliphatic carbocycles. The maximum absolute atomic E-state index is 8.81. The molecule has 0 amide bonds. The number of hydrogen-bond acceptors (Lipinski definition) is 2. The van der Waals surface area contributed by atoms with Crippen molar-refractivity contribution in [1.29, 1.82) is 0 Å². The van der Waals surface area contributed by atoms with Gasteiger partial charge in [0, 0.05) is 0 Å². The van der Waals surface area contributed by atoms with E-state index in [-0.39, 0.29) is 4.60 Å². The molecule has 2 nitrogen and oxygen atoms in total. The summed E-state index contributed by atoms with van der Waals surface area (Å²) in [5, 5.41) is 17.4. The molecule has 0 rings (SSSR count). The molecule has 0 saturated carbocycles. The minimum absolute atomic E-state index is 0.00755. The zero-order valence-corrected chi connectivity index (χ0v) is 6.51. The molecule has 3 heteroatoms. The van der Waals surface area contributed by atoms with Gasteiger partial charge in [-0.15, -0.1) is 0 Å². The molecular weight excluding hydrogens is 171 g/mol. The van der Waals surface area contributed by atoms with E-state index in [1.54, 1.807) is 0 Å². The Bertz CT molecular complexity index is 82.5. The summed E-state index contributed by atoms with van der Waals surface area (Å²) >= 11 is 2.35. The SMILES string of the molecule is CCCC(O)C(O)=[Se]. The van der Waals surface area contributed by atoms with Gasteiger partial charge in [0.15, 0.2) is 0 Å². The molecule has 0 spiro atoms. The van der Waals surface area contributed by atoms with Crippen LogP contribution in [0.1, 0.15) is 19.8 Å². The van der Waals surface area contributed by atoms with Crippen LogP contribution < -0.4 is 0 Å². The Morgan fingerprint density at radius 1 is 1.75 bits per heavy atom. The van der Waals surface area contributed by atoms with Gasteiger partial charge < -0.3 is 0 Å². The molecular formula is C5H10O2Se. The van der Waals surface area contributed by atoms with Crippen molar-refractivity contribution in [1.82, 2.24) is 0 Å². The minimum atomic E-state index is -0.667. The standard InChI is InChI=1S/C5H10O2Se/c1-2-3-4(6)5(7)8/h4,6H,2-3H2,1H3,(H,7,8). The molecule has 2 N–H and O–H groups in total. The van der Waals surface area contributed by atoms with Crippen LogP contribution in [0.2, 0.25) is 0 Å². The summed E-state index contributed by atoms with van der Waals surface area (Å²) in [6.07, 6.45) is 0.839. The van der Waals surface area contributed by atoms with Crippen LogP contribution in [0.5, 0.6) is 0 Å². The first-order chi connectivity index (χ1) is 3.68. The van der Waals surface area contributed by atoms with E-state index >= 15 is 0 Å². The molecule has 0 aliphatic heterocycles. The monoisotopic (exact) mass is 182 g/mol. The molecule has 0 aliphatic rings. The molecule has 0 aromatic carbocycles. The van der Waals surface area contributed by atoms with Crippen molar-refractivity contribution in [3.8, 4) is 0 Å². The number of hydrogen-bond donors (Lipinski definition) is 2. The summed E-state index contributed by atoms with van der Waals surface area (Å²) in [6, 6.07) is 0. The Morgan fingerprint density at radius 3 is 2.38 bits per heavy atom. The zero-order valence-electron chi connectivity index (χ0n) is 4.79. The maximum atomic E-state index is 8.81. The second-order valence-corrected chi connectivity index (χ2v) is 2.52. The van der Waals surface area contributed by atoms with E-state index in [9.17, 15) is 0 Å². The average Bonchev–Trinajstić information content (AvgIpc) is 1.67. The van der Waals surface area contributed by atoms with E-state index in [0.717, 1.165) is 6.42 Å². The van der Waals surface area contributed by atoms with Crippen LogP contribution in [0.4, 0.5) is 0 Å². The molecule has 0 aromatic heterocycles. The zero-order chi connectivity index (χ0) is 6.57. The fraction of sp³-hybridized carbons (Fsp3) is 0.800. The van der Waals surface area contributed by atoms with Gasteiger partial charge in [0.25, 0.3) is 0 Å². The van der Waals surface area contributed by atoms with Crippen LogP contribution in [0, 0.1) is 0 Å². The summed E-state index contributed by atoms with van der Waals surface area (Å²) in [4.78, 5) is 0. The van der Waals surface area contributed by atoms with Gasteiger partial charge in [-0.3, -0.25) is 0 Å². The van der Waals surface area contributed by atoms with Crippen molar-refractivity contribution in [3.05, 3.63) is 0 Å². The Hall–Kier alpha value is 0.149. The molecule has 0 bridgehead atoms. The number of rotatable bonds is 3. The Kier molecular flexibility index (Phi) is 4.15. The van der Waals surface area contributed by atoms with Gasteiger partial charge >= 0.3 is 56.3 Å². The Balaban J connectivity index is 3.32. The van der Waals surface area contributed by atoms with Gasteiger partial charge in [-0.25, -0.2) is 0 Å². The van der Waals surface area contributed by atoms with E-state index in [0.29, 0.717) is 6.42 Å². The second kappa shape index (κ2) is 4.07. The predicted molar refractivity (Wildman–Crippen MR) is 33.6 cm³/mol. The predicted octanol–water partition coefficient (Wildman–Crippen LogP) is -0.182. The average molecular weight is 181 g/mol. The van der Waals surface area contributed by atoms with Gasteiger partial charge in [-0.2, -0.15) is 0 Å². The summed E-state index contributed by atoms with van der Waals surface area (Å²) in [6.45, 7) is 1.95. The van der Waals surface area contributed by atoms with Crippen molar-refractivity contribution in [2.45, 2.75) is 25.9 Å². The van der Waals surface area contributed by atoms with Crippen molar-refractivity contribution in [3.63, 3.8) is 0 Å². The van der Waals surface area contributed by atoms with Gasteiger partial charge in [0.05, 0.1) is 0 Å². The fourth-order valence-corrected chi connectivity index (χ4v) is 0.644. The fourth-order valence-electron chi connectivity index (χ4n) is 0.397. The first-order valence-electron chi connectivity index (χ1n) is 2.59. The molecule has 8 heavy (non-hydrogen) atoms. The van der Waals surface area contributed by atoms with Crippen molar-refractivity contribution >= 4 is 20.2 Å². The van der Waals surface area contributed by atoms with E-state index < -0.39 is 6.10 Å². The summed E-state index contributed by atoms with van der Waals surface area (Å²) in [5.41, 5.74) is 0. The summed E-state index contributed by atoms with van der Waals surface area (Å²) < 4.78 is -0.00755. The third-order valence-electron chi connectivity index (χ3n) is 0.847. The first-order valence-corrected chi connectivity index (χ1v) is 3.45. The summed E-state index contributed by atoms with van der Waals surface area (Å²) in [7, 11) is 0. The normalized spacial score (nSPS) is 13.2. The number of aliphatic hydroxyl groups excluding tert-OH is 2. The first kappa shape index (κ1) is 8.15. The van der Waals surface area contributed by atoms with E-state index in [4.69, 9.17) is 10.2 Å². The number of aliphatic hydroxyl groups is 2. The Labute approximate surface area is 56.9 Å². The molecule has 0 aromatic rings. The van der Waals surface area contributed by atoms with Crippen LogP contribution in [-0.2, 0) is 0 Å². The van der Waals surface area contributed by atoms with E-state index in [2.05, 4.69) is 15.6 Å². The molecule has 48 valence electrons. The van der Waals surface area contributed by atoms with Gasteiger partial charge in [0.1, 0.15) is 0 Å². The van der Waals surface area contributed by atoms with Crippen LogP contribution >= 0.6 is 0 Å². The third-order valence-corrected chi connectivity index (χ3v) is 1.42. The second-order valence-electron chi connectivity index (χ2n) is 1.64. The van der Waals surface area contributed by atoms with Crippen LogP contribution in [0.3, 0.4) is 0 Å². The van der Waals surface area contributed by atoms with Crippen molar-refractivity contribution in [2.75, 3.05) is 0 Å².